The van der Waals surface area contributed by atoms with Crippen molar-refractivity contribution in [1.29, 1.82) is 0 Å². The van der Waals surface area contributed by atoms with E-state index in [1.807, 2.05) is 232 Å². The van der Waals surface area contributed by atoms with E-state index in [1.165, 1.54) is 0 Å². The van der Waals surface area contributed by atoms with Crippen molar-refractivity contribution in [3.05, 3.63) is 342 Å². The number of halogens is 10. The van der Waals surface area contributed by atoms with Gasteiger partial charge in [0.25, 0.3) is 0 Å². The molecule has 12 aromatic carbocycles. The van der Waals surface area contributed by atoms with Crippen LogP contribution in [0.2, 0.25) is 0 Å². The molecule has 0 aliphatic heterocycles. The van der Waals surface area contributed by atoms with Gasteiger partial charge in [0.15, 0.2) is 5.75 Å². The quantitative estimate of drug-likeness (QED) is 0.0530. The molecule has 0 aliphatic rings. The van der Waals surface area contributed by atoms with Crippen LogP contribution in [0.4, 0.5) is 28.4 Å². The third-order valence-corrected chi connectivity index (χ3v) is 13.5. The molecule has 0 spiro atoms. The van der Waals surface area contributed by atoms with Crippen molar-refractivity contribution in [2.24, 2.45) is 25.0 Å². The molecule has 0 atom stereocenters. The molecule has 27 heteroatoms. The molecule has 0 heterocycles. The van der Waals surface area contributed by atoms with E-state index < -0.39 is 0 Å². The van der Waals surface area contributed by atoms with Crippen LogP contribution in [-0.4, -0.2) is 63.7 Å². The van der Waals surface area contributed by atoms with Crippen molar-refractivity contribution in [2.45, 2.75) is 13.8 Å². The molecule has 12 nitrogen and oxygen atoms in total. The van der Waals surface area contributed by atoms with Crippen LogP contribution in [-0.2, 0) is 74.8 Å². The Morgan fingerprint density at radius 2 is 0.495 bits per heavy atom. The van der Waals surface area contributed by atoms with Crippen LogP contribution >= 0.6 is 132 Å². The van der Waals surface area contributed by atoms with Crippen molar-refractivity contribution in [3.63, 3.8) is 0 Å². The van der Waals surface area contributed by atoms with E-state index in [2.05, 4.69) is 169 Å². The van der Waals surface area contributed by atoms with E-state index in [1.54, 1.807) is 111 Å². The van der Waals surface area contributed by atoms with E-state index in [0.29, 0.717) is 33.9 Å². The molecular formula is C80H69Br10N5O7Ti5. The summed E-state index contributed by atoms with van der Waals surface area (Å²) in [6, 6.07) is 94.1. The van der Waals surface area contributed by atoms with E-state index in [9.17, 15) is 25.5 Å². The van der Waals surface area contributed by atoms with Crippen LogP contribution in [0.5, 0.6) is 46.0 Å². The molecule has 5 N–H and O–H groups in total. The zero-order chi connectivity index (χ0) is 78.1. The van der Waals surface area contributed by atoms with Crippen molar-refractivity contribution in [1.82, 2.24) is 0 Å². The summed E-state index contributed by atoms with van der Waals surface area (Å²) in [6.45, 7) is 4.02. The Morgan fingerprint density at radius 1 is 0.262 bits per heavy atom. The molecule has 0 aromatic heterocycles. The molecule has 0 saturated carbocycles. The first-order chi connectivity index (χ1) is 52.1. The van der Waals surface area contributed by atoms with Crippen molar-refractivity contribution < 1.29 is 110 Å². The molecule has 546 valence electrons. The van der Waals surface area contributed by atoms with Gasteiger partial charge in [0.1, 0.15) is 51.6 Å². The van der Waals surface area contributed by atoms with Gasteiger partial charge in [-0.3, -0.25) is 25.0 Å². The molecule has 0 unspecified atom stereocenters. The number of rotatable bonds is 14. The molecule has 0 aliphatic carbocycles. The molecule has 0 fully saturated rings. The third kappa shape index (κ3) is 41.4. The molecule has 0 bridgehead atoms. The van der Waals surface area contributed by atoms with Crippen molar-refractivity contribution in [2.75, 3.05) is 7.11 Å². The Balaban J connectivity index is 0.000000332. The van der Waals surface area contributed by atoms with Crippen LogP contribution in [0, 0.1) is 13.8 Å². The molecule has 0 amide bonds. The topological polar surface area (TPSA) is 181 Å². The molecule has 107 heavy (non-hydrogen) atoms. The zero-order valence-electron chi connectivity index (χ0n) is 57.3. The summed E-state index contributed by atoms with van der Waals surface area (Å²) in [5.41, 5.74) is 12.1. The van der Waals surface area contributed by atoms with Crippen molar-refractivity contribution >= 4 is 191 Å². The number of ether oxygens (including phenoxy) is 2. The second-order valence-corrected chi connectivity index (χ2v) is 59.9. The zero-order valence-corrected chi connectivity index (χ0v) is 81.0. The van der Waals surface area contributed by atoms with E-state index >= 15 is 0 Å². The summed E-state index contributed by atoms with van der Waals surface area (Å²) < 4.78 is 11.0. The Labute approximate surface area is 735 Å². The number of aryl methyl sites for hydroxylation is 2. The van der Waals surface area contributed by atoms with Gasteiger partial charge in [0.2, 0.25) is 0 Å². The van der Waals surface area contributed by atoms with E-state index in [4.69, 9.17) is 9.47 Å². The first-order valence-corrected chi connectivity index (χ1v) is 69.8. The number of para-hydroxylation sites is 13. The summed E-state index contributed by atoms with van der Waals surface area (Å²) in [7, 11) is 1.61. The number of phenols is 5. The molecular weight excluding hydrogens is 2180 g/mol. The van der Waals surface area contributed by atoms with Gasteiger partial charge in [-0.25, -0.2) is 0 Å². The Hall–Kier alpha value is -4.04. The number of hydrogen-bond acceptors (Lipinski definition) is 12. The normalized spacial score (nSPS) is 9.92. The summed E-state index contributed by atoms with van der Waals surface area (Å²) in [6.07, 6.45) is 8.29. The number of aromatic hydroxyl groups is 5. The number of aliphatic imine (C=N–C) groups is 5. The summed E-state index contributed by atoms with van der Waals surface area (Å²) in [5, 5.41) is 48.3. The average Bonchev–Trinajstić information content (AvgIpc) is 0.864. The molecule has 0 radical (unpaired) electrons. The Morgan fingerprint density at radius 3 is 0.822 bits per heavy atom. The fraction of sp³-hybridized carbons (Fsp3) is 0.0375. The third-order valence-electron chi connectivity index (χ3n) is 13.5. The van der Waals surface area contributed by atoms with Crippen molar-refractivity contribution in [3.8, 4) is 57.1 Å². The number of methoxy groups -OCH3 is 1. The van der Waals surface area contributed by atoms with Crippen LogP contribution in [0.15, 0.2) is 328 Å². The fourth-order valence-corrected chi connectivity index (χ4v) is 8.55. The monoisotopic (exact) mass is 2240 g/mol. The first kappa shape index (κ1) is 97.2. The van der Waals surface area contributed by atoms with Crippen LogP contribution < -0.4 is 9.47 Å². The molecule has 12 rings (SSSR count). The van der Waals surface area contributed by atoms with Gasteiger partial charge >= 0.3 is 206 Å². The van der Waals surface area contributed by atoms with E-state index in [0.717, 1.165) is 61.9 Å². The molecule has 12 aromatic rings. The Bertz CT molecular complexity index is 4380. The van der Waals surface area contributed by atoms with Gasteiger partial charge in [0.05, 0.1) is 24.2 Å². The predicted molar refractivity (Wildman–Crippen MR) is 466 cm³/mol. The van der Waals surface area contributed by atoms with Crippen LogP contribution in [0.1, 0.15) is 38.9 Å². The Kier molecular flexibility index (Phi) is 56.7. The minimum absolute atomic E-state index is 0.125. The summed E-state index contributed by atoms with van der Waals surface area (Å²) in [5.74, 6) is 3.28. The maximum atomic E-state index is 9.78. The average molecular weight is 2250 g/mol. The number of hydrogen-bond donors (Lipinski definition) is 5. The minimum atomic E-state index is 0.125. The predicted octanol–water partition coefficient (Wildman–Crippen LogP) is 28.2. The number of phenolic OH excluding ortho intramolecular Hbond substituents is 5. The van der Waals surface area contributed by atoms with Gasteiger partial charge in [-0.15, -0.1) is 0 Å². The maximum absolute atomic E-state index is 9.78. The summed E-state index contributed by atoms with van der Waals surface area (Å²) in [4.78, 5) is 22.0. The fourth-order valence-electron chi connectivity index (χ4n) is 8.55. The van der Waals surface area contributed by atoms with Gasteiger partial charge < -0.3 is 35.0 Å². The van der Waals surface area contributed by atoms with Crippen LogP contribution in [0.25, 0.3) is 11.1 Å². The van der Waals surface area contributed by atoms with Gasteiger partial charge in [-0.2, -0.15) is 0 Å². The second-order valence-electron chi connectivity index (χ2n) is 20.5. The summed E-state index contributed by atoms with van der Waals surface area (Å²) >= 11 is 32.5. The van der Waals surface area contributed by atoms with Gasteiger partial charge in [-0.1, -0.05) is 188 Å². The standard InChI is InChI=1S/C19H15NO2.C19H15NO.C14H13NO2.2C14H13NO.10BrH.5Ti/c21-18-12-6-4-8-15(18)14-20-17-11-5-7-13-19(17)22-16-9-2-1-3-10-16;21-19-13-7-4-10-16(19)14-20-18-12-6-5-11-17(18)15-8-2-1-3-9-15;1-17-14-9-5-3-7-12(14)15-10-11-6-2-4-8-13(11)16;2*1-11-6-2-4-8-13(11)15-10-12-7-3-5-9-14(12)16;;;;;;;;;;;;;;;/h1-14,21H;1-14,21H;2-10,16H,1H3;2*2-10,16H,1H3;10*1H;;;;;/q;;;;;;;;;;;;;;;5*+2/p-10. The van der Waals surface area contributed by atoms with Crippen LogP contribution in [0.3, 0.4) is 0 Å². The first-order valence-electron chi connectivity index (χ1n) is 31.2. The van der Waals surface area contributed by atoms with Gasteiger partial charge in [-0.05, 0) is 146 Å². The van der Waals surface area contributed by atoms with Gasteiger partial charge in [0, 0.05) is 64.5 Å². The second kappa shape index (κ2) is 62.5. The molecule has 0 saturated heterocycles. The van der Waals surface area contributed by atoms with E-state index in [-0.39, 0.29) is 104 Å². The number of nitrogens with zero attached hydrogens (tertiary/aromatic N) is 5. The number of benzene rings is 12. The SMILES string of the molecule is COc1ccccc1N=Cc1ccccc1O.Cc1ccccc1N=Cc1ccccc1O.Cc1ccccc1N=Cc1ccccc1O.Oc1ccccc1C=Nc1ccccc1-c1ccccc1.Oc1ccccc1C=Nc1ccccc1Oc1ccccc1.[Br][Ti][Br].[Br][Ti][Br].[Br][Ti][Br].[Br][Ti][Br].[Br][Ti][Br].